The van der Waals surface area contributed by atoms with Crippen LogP contribution in [0.15, 0.2) is 42.5 Å². The fourth-order valence-corrected chi connectivity index (χ4v) is 2.16. The Labute approximate surface area is 138 Å². The summed E-state index contributed by atoms with van der Waals surface area (Å²) in [5, 5.41) is 14.3. The molecule has 2 aromatic rings. The quantitative estimate of drug-likeness (QED) is 0.824. The third-order valence-corrected chi connectivity index (χ3v) is 3.30. The largest absolute Gasteiger partial charge is 0.492 e. The maximum atomic E-state index is 11.8. The summed E-state index contributed by atoms with van der Waals surface area (Å²) in [7, 11) is 0. The van der Waals surface area contributed by atoms with Crippen molar-refractivity contribution in [1.29, 1.82) is 5.26 Å². The Kier molecular flexibility index (Phi) is 4.68. The van der Waals surface area contributed by atoms with Gasteiger partial charge in [0.05, 0.1) is 17.8 Å². The summed E-state index contributed by atoms with van der Waals surface area (Å²) in [6.45, 7) is 0.826. The molecular weight excluding hydrogens is 310 g/mol. The molecule has 0 spiro atoms. The van der Waals surface area contributed by atoms with Crippen LogP contribution in [0.4, 0.5) is 10.5 Å². The molecule has 2 amide bonds. The van der Waals surface area contributed by atoms with Crippen LogP contribution in [0.2, 0.25) is 0 Å². The minimum Gasteiger partial charge on any atom is -0.492 e. The molecule has 2 N–H and O–H groups in total. The number of anilines is 1. The first-order valence-electron chi connectivity index (χ1n) is 7.33. The molecule has 7 heteroatoms. The number of nitrogens with one attached hydrogen (secondary N) is 2. The summed E-state index contributed by atoms with van der Waals surface area (Å²) in [6, 6.07) is 13.7. The summed E-state index contributed by atoms with van der Waals surface area (Å²) < 4.78 is 16.0. The van der Waals surface area contributed by atoms with E-state index < -0.39 is 6.03 Å². The van der Waals surface area contributed by atoms with Crippen LogP contribution in [0.1, 0.15) is 5.56 Å². The summed E-state index contributed by atoms with van der Waals surface area (Å²) in [5.41, 5.74) is 0.874. The molecule has 1 heterocycles. The smallest absolute Gasteiger partial charge is 0.319 e. The van der Waals surface area contributed by atoms with Gasteiger partial charge in [0, 0.05) is 6.07 Å². The lowest BCUT2D eigenvalue weighted by molar-refractivity contribution is 0.173. The van der Waals surface area contributed by atoms with Crippen molar-refractivity contribution in [3.8, 4) is 23.3 Å². The van der Waals surface area contributed by atoms with E-state index in [-0.39, 0.29) is 6.79 Å². The number of fused-ring (bicyclic) bond motifs is 1. The van der Waals surface area contributed by atoms with E-state index in [9.17, 15) is 4.79 Å². The SMILES string of the molecule is N#Cc1ccccc1NC(=O)NCCOc1ccc2c(c1)OCO2. The number of hydrogen-bond donors (Lipinski definition) is 2. The van der Waals surface area contributed by atoms with E-state index in [4.69, 9.17) is 19.5 Å². The van der Waals surface area contributed by atoms with E-state index in [1.54, 1.807) is 42.5 Å². The van der Waals surface area contributed by atoms with Crippen LogP contribution in [0, 0.1) is 11.3 Å². The molecule has 3 rings (SSSR count). The molecule has 7 nitrogen and oxygen atoms in total. The predicted octanol–water partition coefficient (Wildman–Crippen LogP) is 2.49. The van der Waals surface area contributed by atoms with Crippen LogP contribution >= 0.6 is 0 Å². The molecule has 0 aromatic heterocycles. The number of ether oxygens (including phenoxy) is 3. The number of carbonyl (C=O) groups is 1. The molecule has 0 saturated carbocycles. The van der Waals surface area contributed by atoms with Gasteiger partial charge >= 0.3 is 6.03 Å². The van der Waals surface area contributed by atoms with Crippen molar-refractivity contribution >= 4 is 11.7 Å². The number of benzene rings is 2. The molecule has 1 aliphatic rings. The zero-order valence-electron chi connectivity index (χ0n) is 12.7. The highest BCUT2D eigenvalue weighted by molar-refractivity contribution is 5.90. The Balaban J connectivity index is 1.43. The number of hydrogen-bond acceptors (Lipinski definition) is 5. The van der Waals surface area contributed by atoms with Crippen LogP contribution in [-0.4, -0.2) is 26.0 Å². The van der Waals surface area contributed by atoms with Gasteiger partial charge in [0.1, 0.15) is 18.4 Å². The van der Waals surface area contributed by atoms with Crippen molar-refractivity contribution in [2.75, 3.05) is 25.3 Å². The molecule has 122 valence electrons. The summed E-state index contributed by atoms with van der Waals surface area (Å²) in [4.78, 5) is 11.8. The molecule has 1 aliphatic heterocycles. The van der Waals surface area contributed by atoms with E-state index >= 15 is 0 Å². The Morgan fingerprint density at radius 3 is 2.92 bits per heavy atom. The topological polar surface area (TPSA) is 92.6 Å². The van der Waals surface area contributed by atoms with Gasteiger partial charge in [-0.1, -0.05) is 12.1 Å². The van der Waals surface area contributed by atoms with Crippen LogP contribution in [0.5, 0.6) is 17.2 Å². The average Bonchev–Trinajstić information content (AvgIpc) is 3.07. The van der Waals surface area contributed by atoms with Crippen LogP contribution in [-0.2, 0) is 0 Å². The molecule has 0 radical (unpaired) electrons. The second-order valence-electron chi connectivity index (χ2n) is 4.90. The first kappa shape index (κ1) is 15.5. The molecule has 0 saturated heterocycles. The van der Waals surface area contributed by atoms with Gasteiger partial charge in [-0.2, -0.15) is 5.26 Å². The van der Waals surface area contributed by atoms with Crippen molar-refractivity contribution < 1.29 is 19.0 Å². The minimum atomic E-state index is -0.396. The number of urea groups is 1. The van der Waals surface area contributed by atoms with E-state index in [1.807, 2.05) is 6.07 Å². The molecule has 2 aromatic carbocycles. The number of nitriles is 1. The lowest BCUT2D eigenvalue weighted by Crippen LogP contribution is -2.32. The Bertz CT molecular complexity index is 786. The predicted molar refractivity (Wildman–Crippen MR) is 86.2 cm³/mol. The molecule has 0 atom stereocenters. The maximum absolute atomic E-state index is 11.8. The van der Waals surface area contributed by atoms with Gasteiger partial charge in [0.2, 0.25) is 6.79 Å². The minimum absolute atomic E-state index is 0.213. The third kappa shape index (κ3) is 3.67. The van der Waals surface area contributed by atoms with Crippen molar-refractivity contribution in [3.63, 3.8) is 0 Å². The first-order valence-corrected chi connectivity index (χ1v) is 7.33. The molecule has 0 bridgehead atoms. The van der Waals surface area contributed by atoms with Crippen LogP contribution in [0.25, 0.3) is 0 Å². The number of carbonyl (C=O) groups excluding carboxylic acids is 1. The monoisotopic (exact) mass is 325 g/mol. The van der Waals surface area contributed by atoms with Crippen molar-refractivity contribution in [3.05, 3.63) is 48.0 Å². The zero-order chi connectivity index (χ0) is 16.8. The van der Waals surface area contributed by atoms with Crippen molar-refractivity contribution in [2.45, 2.75) is 0 Å². The second-order valence-corrected chi connectivity index (χ2v) is 4.90. The third-order valence-electron chi connectivity index (χ3n) is 3.30. The fourth-order valence-electron chi connectivity index (χ4n) is 2.16. The Morgan fingerprint density at radius 2 is 2.04 bits per heavy atom. The van der Waals surface area contributed by atoms with Crippen molar-refractivity contribution in [2.24, 2.45) is 0 Å². The van der Waals surface area contributed by atoms with Crippen molar-refractivity contribution in [1.82, 2.24) is 5.32 Å². The number of amides is 2. The van der Waals surface area contributed by atoms with Gasteiger partial charge in [-0.15, -0.1) is 0 Å². The van der Waals surface area contributed by atoms with Gasteiger partial charge in [0.15, 0.2) is 11.5 Å². The first-order chi connectivity index (χ1) is 11.8. The zero-order valence-corrected chi connectivity index (χ0v) is 12.7. The second kappa shape index (κ2) is 7.24. The van der Waals surface area contributed by atoms with Gasteiger partial charge < -0.3 is 24.8 Å². The average molecular weight is 325 g/mol. The highest BCUT2D eigenvalue weighted by Crippen LogP contribution is 2.34. The molecule has 0 aliphatic carbocycles. The van der Waals surface area contributed by atoms with Gasteiger partial charge in [-0.3, -0.25) is 0 Å². The highest BCUT2D eigenvalue weighted by atomic mass is 16.7. The fraction of sp³-hybridized carbons (Fsp3) is 0.176. The standard InChI is InChI=1S/C17H15N3O4/c18-10-12-3-1-2-4-14(12)20-17(21)19-7-8-22-13-5-6-15-16(9-13)24-11-23-15/h1-6,9H,7-8,11H2,(H2,19,20,21). The molecular formula is C17H15N3O4. The number of nitrogens with zero attached hydrogens (tertiary/aromatic N) is 1. The van der Waals surface area contributed by atoms with E-state index in [1.165, 1.54) is 0 Å². The van der Waals surface area contributed by atoms with E-state index in [2.05, 4.69) is 10.6 Å². The Hall–Kier alpha value is -3.40. The number of para-hydroxylation sites is 1. The number of rotatable bonds is 5. The molecule has 0 unspecified atom stereocenters. The van der Waals surface area contributed by atoms with E-state index in [0.717, 1.165) is 0 Å². The molecule has 24 heavy (non-hydrogen) atoms. The lowest BCUT2D eigenvalue weighted by atomic mass is 10.2. The summed E-state index contributed by atoms with van der Waals surface area (Å²) in [6.07, 6.45) is 0. The highest BCUT2D eigenvalue weighted by Gasteiger charge is 2.13. The maximum Gasteiger partial charge on any atom is 0.319 e. The van der Waals surface area contributed by atoms with Gasteiger partial charge in [0.25, 0.3) is 0 Å². The Morgan fingerprint density at radius 1 is 1.21 bits per heavy atom. The van der Waals surface area contributed by atoms with Gasteiger partial charge in [-0.05, 0) is 24.3 Å². The van der Waals surface area contributed by atoms with E-state index in [0.29, 0.717) is 41.7 Å². The lowest BCUT2D eigenvalue weighted by Gasteiger charge is -2.10. The summed E-state index contributed by atoms with van der Waals surface area (Å²) >= 11 is 0. The summed E-state index contributed by atoms with van der Waals surface area (Å²) in [5.74, 6) is 1.97. The molecule has 0 fully saturated rings. The van der Waals surface area contributed by atoms with Crippen LogP contribution < -0.4 is 24.8 Å². The van der Waals surface area contributed by atoms with Gasteiger partial charge in [-0.25, -0.2) is 4.79 Å². The van der Waals surface area contributed by atoms with Crippen LogP contribution in [0.3, 0.4) is 0 Å². The normalized spacial score (nSPS) is 11.5.